The fourth-order valence-corrected chi connectivity index (χ4v) is 1.88. The van der Waals surface area contributed by atoms with Gasteiger partial charge in [0.2, 0.25) is 0 Å². The molecule has 2 rings (SSSR count). The summed E-state index contributed by atoms with van der Waals surface area (Å²) >= 11 is 0. The van der Waals surface area contributed by atoms with Crippen molar-refractivity contribution < 1.29 is 5.11 Å². The van der Waals surface area contributed by atoms with Crippen molar-refractivity contribution in [1.82, 2.24) is 24.5 Å². The van der Waals surface area contributed by atoms with Gasteiger partial charge < -0.3 is 5.11 Å². The fraction of sp³-hybridized carbons (Fsp3) is 0.583. The standard InChI is InChI=1S/C12H19N5O/c1-8(2)17-12(13-7-14-17)6-11(18)10-5-9(3)16(4)15-10/h5,7-8,11,18H,6H2,1-4H3. The lowest BCUT2D eigenvalue weighted by Crippen LogP contribution is -2.12. The van der Waals surface area contributed by atoms with Crippen LogP contribution in [0.15, 0.2) is 12.4 Å². The van der Waals surface area contributed by atoms with Gasteiger partial charge in [0.15, 0.2) is 0 Å². The van der Waals surface area contributed by atoms with Gasteiger partial charge in [-0.1, -0.05) is 0 Å². The average Bonchev–Trinajstić information content (AvgIpc) is 2.87. The van der Waals surface area contributed by atoms with Crippen LogP contribution in [0, 0.1) is 6.92 Å². The van der Waals surface area contributed by atoms with E-state index in [1.807, 2.05) is 38.6 Å². The lowest BCUT2D eigenvalue weighted by molar-refractivity contribution is 0.168. The Morgan fingerprint density at radius 3 is 2.67 bits per heavy atom. The molecule has 98 valence electrons. The van der Waals surface area contributed by atoms with E-state index in [4.69, 9.17) is 0 Å². The van der Waals surface area contributed by atoms with E-state index in [1.165, 1.54) is 6.33 Å². The molecule has 0 amide bonds. The molecule has 2 heterocycles. The summed E-state index contributed by atoms with van der Waals surface area (Å²) in [5, 5.41) is 18.6. The minimum atomic E-state index is -0.647. The summed E-state index contributed by atoms with van der Waals surface area (Å²) in [7, 11) is 1.86. The number of nitrogens with zero attached hydrogens (tertiary/aromatic N) is 5. The van der Waals surface area contributed by atoms with Crippen LogP contribution in [0.3, 0.4) is 0 Å². The number of aliphatic hydroxyl groups excluding tert-OH is 1. The fourth-order valence-electron chi connectivity index (χ4n) is 1.88. The summed E-state index contributed by atoms with van der Waals surface area (Å²) in [6.45, 7) is 6.03. The van der Waals surface area contributed by atoms with E-state index in [0.29, 0.717) is 12.1 Å². The highest BCUT2D eigenvalue weighted by atomic mass is 16.3. The van der Waals surface area contributed by atoms with Crippen LogP contribution in [0.1, 0.15) is 43.2 Å². The van der Waals surface area contributed by atoms with Crippen LogP contribution in [-0.4, -0.2) is 29.7 Å². The first-order valence-corrected chi connectivity index (χ1v) is 6.06. The van der Waals surface area contributed by atoms with E-state index in [0.717, 1.165) is 11.5 Å². The number of aliphatic hydroxyl groups is 1. The molecular weight excluding hydrogens is 230 g/mol. The summed E-state index contributed by atoms with van der Waals surface area (Å²) in [5.74, 6) is 0.779. The van der Waals surface area contributed by atoms with Gasteiger partial charge in [0.25, 0.3) is 0 Å². The third-order valence-electron chi connectivity index (χ3n) is 2.99. The van der Waals surface area contributed by atoms with Crippen molar-refractivity contribution in [3.05, 3.63) is 29.6 Å². The van der Waals surface area contributed by atoms with Crippen molar-refractivity contribution in [2.24, 2.45) is 7.05 Å². The SMILES string of the molecule is Cc1cc(C(O)Cc2ncnn2C(C)C)nn1C. The molecule has 0 aliphatic carbocycles. The number of hydrogen-bond acceptors (Lipinski definition) is 4. The third-order valence-corrected chi connectivity index (χ3v) is 2.99. The second kappa shape index (κ2) is 4.89. The van der Waals surface area contributed by atoms with Crippen molar-refractivity contribution in [2.45, 2.75) is 39.3 Å². The van der Waals surface area contributed by atoms with Crippen LogP contribution in [0.2, 0.25) is 0 Å². The molecule has 0 fully saturated rings. The van der Waals surface area contributed by atoms with Gasteiger partial charge in [-0.05, 0) is 26.8 Å². The Balaban J connectivity index is 2.16. The molecule has 0 spiro atoms. The first-order valence-electron chi connectivity index (χ1n) is 6.06. The second-order valence-corrected chi connectivity index (χ2v) is 4.77. The quantitative estimate of drug-likeness (QED) is 0.883. The summed E-state index contributed by atoms with van der Waals surface area (Å²) in [4.78, 5) is 4.19. The topological polar surface area (TPSA) is 68.8 Å². The Kier molecular flexibility index (Phi) is 3.47. The highest BCUT2D eigenvalue weighted by Crippen LogP contribution is 2.18. The maximum absolute atomic E-state index is 10.2. The zero-order valence-electron chi connectivity index (χ0n) is 11.2. The van der Waals surface area contributed by atoms with E-state index in [1.54, 1.807) is 4.68 Å². The highest BCUT2D eigenvalue weighted by Gasteiger charge is 2.17. The van der Waals surface area contributed by atoms with Crippen molar-refractivity contribution in [1.29, 1.82) is 0 Å². The Hall–Kier alpha value is -1.69. The van der Waals surface area contributed by atoms with Crippen molar-refractivity contribution in [3.63, 3.8) is 0 Å². The van der Waals surface area contributed by atoms with Crippen LogP contribution in [0.25, 0.3) is 0 Å². The number of hydrogen-bond donors (Lipinski definition) is 1. The normalized spacial score (nSPS) is 13.2. The first kappa shape index (κ1) is 12.8. The first-order chi connectivity index (χ1) is 8.49. The molecule has 1 N–H and O–H groups in total. The highest BCUT2D eigenvalue weighted by molar-refractivity contribution is 5.12. The molecule has 0 radical (unpaired) electrons. The smallest absolute Gasteiger partial charge is 0.138 e. The summed E-state index contributed by atoms with van der Waals surface area (Å²) in [6.07, 6.45) is 1.30. The maximum atomic E-state index is 10.2. The van der Waals surface area contributed by atoms with E-state index < -0.39 is 6.10 Å². The van der Waals surface area contributed by atoms with Gasteiger partial charge in [0, 0.05) is 25.2 Å². The molecule has 2 aromatic rings. The molecule has 18 heavy (non-hydrogen) atoms. The zero-order chi connectivity index (χ0) is 13.3. The molecular formula is C12H19N5O. The Morgan fingerprint density at radius 1 is 1.39 bits per heavy atom. The zero-order valence-corrected chi connectivity index (χ0v) is 11.2. The molecule has 6 nitrogen and oxygen atoms in total. The summed E-state index contributed by atoms with van der Waals surface area (Å²) < 4.78 is 3.57. The monoisotopic (exact) mass is 249 g/mol. The molecule has 0 bridgehead atoms. The van der Waals surface area contributed by atoms with E-state index in [9.17, 15) is 5.11 Å². The summed E-state index contributed by atoms with van der Waals surface area (Å²) in [6, 6.07) is 2.13. The lowest BCUT2D eigenvalue weighted by Gasteiger charge is -2.11. The van der Waals surface area contributed by atoms with Gasteiger partial charge in [-0.3, -0.25) is 4.68 Å². The van der Waals surface area contributed by atoms with Crippen LogP contribution in [0.4, 0.5) is 0 Å². The average molecular weight is 249 g/mol. The predicted octanol–water partition coefficient (Wildman–Crippen LogP) is 1.18. The third kappa shape index (κ3) is 2.43. The predicted molar refractivity (Wildman–Crippen MR) is 67.0 cm³/mol. The minimum absolute atomic E-state index is 0.236. The van der Waals surface area contributed by atoms with Crippen LogP contribution in [-0.2, 0) is 13.5 Å². The van der Waals surface area contributed by atoms with Gasteiger partial charge in [-0.2, -0.15) is 10.2 Å². The minimum Gasteiger partial charge on any atom is -0.386 e. The second-order valence-electron chi connectivity index (χ2n) is 4.77. The Morgan fingerprint density at radius 2 is 2.11 bits per heavy atom. The van der Waals surface area contributed by atoms with Crippen LogP contribution in [0.5, 0.6) is 0 Å². The molecule has 0 aliphatic heterocycles. The van der Waals surface area contributed by atoms with Crippen LogP contribution < -0.4 is 0 Å². The number of aromatic nitrogens is 5. The van der Waals surface area contributed by atoms with Crippen LogP contribution >= 0.6 is 0 Å². The summed E-state index contributed by atoms with van der Waals surface area (Å²) in [5.41, 5.74) is 1.70. The van der Waals surface area contributed by atoms with Gasteiger partial charge in [0.1, 0.15) is 18.3 Å². The number of rotatable bonds is 4. The molecule has 0 aromatic carbocycles. The molecule has 0 aliphatic rings. The molecule has 6 heteroatoms. The molecule has 1 unspecified atom stereocenters. The van der Waals surface area contributed by atoms with Crippen molar-refractivity contribution in [2.75, 3.05) is 0 Å². The molecule has 0 saturated carbocycles. The van der Waals surface area contributed by atoms with E-state index in [2.05, 4.69) is 15.2 Å². The van der Waals surface area contributed by atoms with Gasteiger partial charge in [-0.25, -0.2) is 9.67 Å². The lowest BCUT2D eigenvalue weighted by atomic mass is 10.1. The largest absolute Gasteiger partial charge is 0.386 e. The molecule has 2 aromatic heterocycles. The molecule has 1 atom stereocenters. The Bertz CT molecular complexity index is 509. The number of aryl methyl sites for hydroxylation is 2. The Labute approximate surface area is 106 Å². The molecule has 0 saturated heterocycles. The van der Waals surface area contributed by atoms with Crippen molar-refractivity contribution >= 4 is 0 Å². The van der Waals surface area contributed by atoms with Crippen molar-refractivity contribution in [3.8, 4) is 0 Å². The van der Waals surface area contributed by atoms with Gasteiger partial charge in [0.05, 0.1) is 5.69 Å². The van der Waals surface area contributed by atoms with E-state index in [-0.39, 0.29) is 6.04 Å². The van der Waals surface area contributed by atoms with Gasteiger partial charge >= 0.3 is 0 Å². The van der Waals surface area contributed by atoms with Gasteiger partial charge in [-0.15, -0.1) is 0 Å². The van der Waals surface area contributed by atoms with E-state index >= 15 is 0 Å². The maximum Gasteiger partial charge on any atom is 0.138 e.